The molecule has 5 heteroatoms. The number of hydrogen-bond donors (Lipinski definition) is 1. The van der Waals surface area contributed by atoms with E-state index in [-0.39, 0.29) is 16.5 Å². The van der Waals surface area contributed by atoms with Crippen LogP contribution in [0.15, 0.2) is 18.2 Å². The molecule has 0 aliphatic rings. The standard InChI is InChI=1S/C9H8ClF2NO/c1-5(14)13-8-3-2-6(9(11)12)4-7(8)10/h2-4,9H,1H3,(H,13,14). The Balaban J connectivity index is 2.95. The van der Waals surface area contributed by atoms with Crippen LogP contribution in [0.5, 0.6) is 0 Å². The number of nitrogens with one attached hydrogen (secondary N) is 1. The molecule has 0 aromatic heterocycles. The maximum absolute atomic E-state index is 12.2. The lowest BCUT2D eigenvalue weighted by atomic mass is 10.2. The van der Waals surface area contributed by atoms with Crippen molar-refractivity contribution in [1.29, 1.82) is 0 Å². The van der Waals surface area contributed by atoms with E-state index in [1.165, 1.54) is 19.1 Å². The number of alkyl halides is 2. The lowest BCUT2D eigenvalue weighted by Crippen LogP contribution is -2.06. The van der Waals surface area contributed by atoms with E-state index in [0.29, 0.717) is 5.69 Å². The van der Waals surface area contributed by atoms with Gasteiger partial charge in [-0.1, -0.05) is 17.7 Å². The Bertz CT molecular complexity index is 355. The summed E-state index contributed by atoms with van der Waals surface area (Å²) in [5.74, 6) is -0.295. The minimum absolute atomic E-state index is 0.109. The van der Waals surface area contributed by atoms with Gasteiger partial charge in [0.2, 0.25) is 5.91 Å². The molecule has 1 amide bonds. The Labute approximate surface area is 84.9 Å². The van der Waals surface area contributed by atoms with Crippen molar-refractivity contribution in [2.75, 3.05) is 5.32 Å². The molecular weight excluding hydrogens is 212 g/mol. The molecule has 0 heterocycles. The van der Waals surface area contributed by atoms with Gasteiger partial charge in [-0.05, 0) is 12.1 Å². The first-order valence-corrected chi connectivity index (χ1v) is 4.23. The van der Waals surface area contributed by atoms with Gasteiger partial charge in [0.1, 0.15) is 0 Å². The van der Waals surface area contributed by atoms with Crippen LogP contribution >= 0.6 is 11.6 Å². The number of amides is 1. The van der Waals surface area contributed by atoms with E-state index >= 15 is 0 Å². The van der Waals surface area contributed by atoms with Gasteiger partial charge in [0, 0.05) is 12.5 Å². The maximum atomic E-state index is 12.2. The quantitative estimate of drug-likeness (QED) is 0.813. The Kier molecular flexibility index (Phi) is 3.41. The van der Waals surface area contributed by atoms with Gasteiger partial charge in [0.15, 0.2) is 0 Å². The average molecular weight is 220 g/mol. The molecule has 14 heavy (non-hydrogen) atoms. The first-order chi connectivity index (χ1) is 6.50. The van der Waals surface area contributed by atoms with Crippen molar-refractivity contribution in [3.05, 3.63) is 28.8 Å². The van der Waals surface area contributed by atoms with Crippen molar-refractivity contribution in [3.8, 4) is 0 Å². The molecule has 1 aromatic rings. The van der Waals surface area contributed by atoms with Crippen LogP contribution in [-0.4, -0.2) is 5.91 Å². The predicted molar refractivity (Wildman–Crippen MR) is 50.7 cm³/mol. The van der Waals surface area contributed by atoms with E-state index in [9.17, 15) is 13.6 Å². The molecular formula is C9H8ClF2NO. The lowest BCUT2D eigenvalue weighted by molar-refractivity contribution is -0.114. The summed E-state index contributed by atoms with van der Waals surface area (Å²) < 4.78 is 24.4. The minimum Gasteiger partial charge on any atom is -0.325 e. The van der Waals surface area contributed by atoms with Crippen molar-refractivity contribution in [3.63, 3.8) is 0 Å². The highest BCUT2D eigenvalue weighted by Gasteiger charge is 2.09. The van der Waals surface area contributed by atoms with Crippen LogP contribution < -0.4 is 5.32 Å². The molecule has 0 bridgehead atoms. The molecule has 0 aliphatic carbocycles. The van der Waals surface area contributed by atoms with Gasteiger partial charge >= 0.3 is 0 Å². The summed E-state index contributed by atoms with van der Waals surface area (Å²) in [6.45, 7) is 1.32. The van der Waals surface area contributed by atoms with E-state index in [0.717, 1.165) is 6.07 Å². The molecule has 0 radical (unpaired) electrons. The smallest absolute Gasteiger partial charge is 0.263 e. The third-order valence-electron chi connectivity index (χ3n) is 1.56. The van der Waals surface area contributed by atoms with E-state index in [1.807, 2.05) is 0 Å². The topological polar surface area (TPSA) is 29.1 Å². The van der Waals surface area contributed by atoms with Crippen molar-refractivity contribution in [2.45, 2.75) is 13.3 Å². The van der Waals surface area contributed by atoms with Gasteiger partial charge in [-0.3, -0.25) is 4.79 Å². The van der Waals surface area contributed by atoms with Crippen LogP contribution in [0.25, 0.3) is 0 Å². The molecule has 1 rings (SSSR count). The SMILES string of the molecule is CC(=O)Nc1ccc(C(F)F)cc1Cl. The van der Waals surface area contributed by atoms with E-state index in [1.54, 1.807) is 0 Å². The summed E-state index contributed by atoms with van der Waals surface area (Å²) in [4.78, 5) is 10.7. The van der Waals surface area contributed by atoms with Crippen molar-refractivity contribution >= 4 is 23.2 Å². The fourth-order valence-electron chi connectivity index (χ4n) is 0.958. The Morgan fingerprint density at radius 3 is 2.57 bits per heavy atom. The highest BCUT2D eigenvalue weighted by Crippen LogP contribution is 2.27. The molecule has 1 aromatic carbocycles. The third-order valence-corrected chi connectivity index (χ3v) is 1.87. The summed E-state index contributed by atoms with van der Waals surface area (Å²) in [6.07, 6.45) is -2.56. The van der Waals surface area contributed by atoms with Crippen LogP contribution in [0, 0.1) is 0 Å². The molecule has 1 N–H and O–H groups in total. The van der Waals surface area contributed by atoms with Crippen molar-refractivity contribution in [1.82, 2.24) is 0 Å². The molecule has 2 nitrogen and oxygen atoms in total. The number of hydrogen-bond acceptors (Lipinski definition) is 1. The fraction of sp³-hybridized carbons (Fsp3) is 0.222. The Hall–Kier alpha value is -1.16. The van der Waals surface area contributed by atoms with E-state index in [2.05, 4.69) is 5.32 Å². The number of carbonyl (C=O) groups is 1. The predicted octanol–water partition coefficient (Wildman–Crippen LogP) is 3.24. The number of halogens is 3. The summed E-state index contributed by atoms with van der Waals surface area (Å²) in [5.41, 5.74) is 0.174. The summed E-state index contributed by atoms with van der Waals surface area (Å²) in [6, 6.07) is 3.71. The monoisotopic (exact) mass is 219 g/mol. The zero-order chi connectivity index (χ0) is 10.7. The van der Waals surface area contributed by atoms with Gasteiger partial charge in [0.05, 0.1) is 10.7 Å². The minimum atomic E-state index is -2.56. The average Bonchev–Trinajstić information content (AvgIpc) is 2.07. The number of rotatable bonds is 2. The van der Waals surface area contributed by atoms with Gasteiger partial charge in [0.25, 0.3) is 6.43 Å². The van der Waals surface area contributed by atoms with Gasteiger partial charge in [-0.2, -0.15) is 0 Å². The molecule has 0 fully saturated rings. The lowest BCUT2D eigenvalue weighted by Gasteiger charge is -2.06. The molecule has 0 spiro atoms. The van der Waals surface area contributed by atoms with E-state index in [4.69, 9.17) is 11.6 Å². The largest absolute Gasteiger partial charge is 0.325 e. The molecule has 0 atom stereocenters. The second-order valence-corrected chi connectivity index (χ2v) is 3.13. The van der Waals surface area contributed by atoms with Gasteiger partial charge < -0.3 is 5.32 Å². The van der Waals surface area contributed by atoms with Crippen LogP contribution in [-0.2, 0) is 4.79 Å². The Morgan fingerprint density at radius 2 is 2.14 bits per heavy atom. The highest BCUT2D eigenvalue weighted by molar-refractivity contribution is 6.33. The molecule has 0 saturated heterocycles. The van der Waals surface area contributed by atoms with Crippen LogP contribution in [0.2, 0.25) is 5.02 Å². The van der Waals surface area contributed by atoms with Crippen LogP contribution in [0.3, 0.4) is 0 Å². The zero-order valence-electron chi connectivity index (χ0n) is 7.35. The van der Waals surface area contributed by atoms with Crippen molar-refractivity contribution < 1.29 is 13.6 Å². The van der Waals surface area contributed by atoms with Gasteiger partial charge in [-0.25, -0.2) is 8.78 Å². The molecule has 0 saturated carbocycles. The van der Waals surface area contributed by atoms with E-state index < -0.39 is 6.43 Å². The summed E-state index contributed by atoms with van der Waals surface area (Å²) >= 11 is 5.67. The van der Waals surface area contributed by atoms with Crippen LogP contribution in [0.1, 0.15) is 18.9 Å². The third kappa shape index (κ3) is 2.67. The first kappa shape index (κ1) is 10.9. The summed E-state index contributed by atoms with van der Waals surface area (Å²) in [5, 5.41) is 2.53. The first-order valence-electron chi connectivity index (χ1n) is 3.86. The van der Waals surface area contributed by atoms with Crippen molar-refractivity contribution in [2.24, 2.45) is 0 Å². The van der Waals surface area contributed by atoms with Crippen LogP contribution in [0.4, 0.5) is 14.5 Å². The molecule has 0 aliphatic heterocycles. The molecule has 76 valence electrons. The number of anilines is 1. The number of benzene rings is 1. The maximum Gasteiger partial charge on any atom is 0.263 e. The highest BCUT2D eigenvalue weighted by atomic mass is 35.5. The fourth-order valence-corrected chi connectivity index (χ4v) is 1.19. The zero-order valence-corrected chi connectivity index (χ0v) is 8.11. The second kappa shape index (κ2) is 4.37. The number of carbonyl (C=O) groups excluding carboxylic acids is 1. The summed E-state index contributed by atoms with van der Waals surface area (Å²) in [7, 11) is 0. The normalized spacial score (nSPS) is 10.4. The Morgan fingerprint density at radius 1 is 1.50 bits per heavy atom. The molecule has 0 unspecified atom stereocenters. The van der Waals surface area contributed by atoms with Gasteiger partial charge in [-0.15, -0.1) is 0 Å². The second-order valence-electron chi connectivity index (χ2n) is 2.72.